The molecule has 0 saturated heterocycles. The standard InChI is InChI=1S/C13H17F3N2O/c1-9(2)18-12(19)7-8-17-11-5-3-10(4-6-11)13(14,15)16/h3-6,9,17H,7-8H2,1-2H3,(H,18,19). The number of benzene rings is 1. The van der Waals surface area contributed by atoms with Gasteiger partial charge in [0.2, 0.25) is 5.91 Å². The van der Waals surface area contributed by atoms with E-state index >= 15 is 0 Å². The smallest absolute Gasteiger partial charge is 0.385 e. The fourth-order valence-corrected chi connectivity index (χ4v) is 1.49. The molecule has 1 rings (SSSR count). The fraction of sp³-hybridized carbons (Fsp3) is 0.462. The summed E-state index contributed by atoms with van der Waals surface area (Å²) < 4.78 is 37.0. The second-order valence-corrected chi connectivity index (χ2v) is 4.47. The minimum Gasteiger partial charge on any atom is -0.385 e. The number of hydrogen-bond donors (Lipinski definition) is 2. The molecule has 1 aromatic rings. The maximum Gasteiger partial charge on any atom is 0.416 e. The van der Waals surface area contributed by atoms with Crippen molar-refractivity contribution < 1.29 is 18.0 Å². The van der Waals surface area contributed by atoms with Crippen LogP contribution < -0.4 is 10.6 Å². The summed E-state index contributed by atoms with van der Waals surface area (Å²) in [7, 11) is 0. The van der Waals surface area contributed by atoms with Gasteiger partial charge in [0.1, 0.15) is 0 Å². The summed E-state index contributed by atoms with van der Waals surface area (Å²) in [6.45, 7) is 4.10. The molecule has 0 aliphatic heterocycles. The van der Waals surface area contributed by atoms with Crippen LogP contribution in [0.5, 0.6) is 0 Å². The lowest BCUT2D eigenvalue weighted by Crippen LogP contribution is -2.31. The van der Waals surface area contributed by atoms with E-state index in [-0.39, 0.29) is 18.4 Å². The highest BCUT2D eigenvalue weighted by molar-refractivity contribution is 5.76. The normalized spacial score (nSPS) is 11.5. The number of hydrogen-bond acceptors (Lipinski definition) is 2. The van der Waals surface area contributed by atoms with Gasteiger partial charge in [-0.05, 0) is 38.1 Å². The average molecular weight is 274 g/mol. The van der Waals surface area contributed by atoms with Crippen LogP contribution in [0.1, 0.15) is 25.8 Å². The third-order valence-electron chi connectivity index (χ3n) is 2.34. The first-order valence-electron chi connectivity index (χ1n) is 5.99. The number of anilines is 1. The maximum absolute atomic E-state index is 12.3. The number of carbonyl (C=O) groups excluding carboxylic acids is 1. The van der Waals surface area contributed by atoms with Crippen LogP contribution in [-0.4, -0.2) is 18.5 Å². The quantitative estimate of drug-likeness (QED) is 0.866. The lowest BCUT2D eigenvalue weighted by Gasteiger charge is -2.10. The highest BCUT2D eigenvalue weighted by atomic mass is 19.4. The molecule has 2 N–H and O–H groups in total. The Bertz CT molecular complexity index is 413. The zero-order valence-electron chi connectivity index (χ0n) is 10.8. The highest BCUT2D eigenvalue weighted by Gasteiger charge is 2.29. The van der Waals surface area contributed by atoms with Gasteiger partial charge >= 0.3 is 6.18 Å². The van der Waals surface area contributed by atoms with Gasteiger partial charge in [-0.15, -0.1) is 0 Å². The Morgan fingerprint density at radius 1 is 1.21 bits per heavy atom. The Balaban J connectivity index is 2.40. The average Bonchev–Trinajstić information content (AvgIpc) is 2.27. The summed E-state index contributed by atoms with van der Waals surface area (Å²) in [5.74, 6) is -0.0885. The van der Waals surface area contributed by atoms with Crippen LogP contribution >= 0.6 is 0 Å². The van der Waals surface area contributed by atoms with Gasteiger partial charge in [0.15, 0.2) is 0 Å². The molecule has 0 aliphatic carbocycles. The van der Waals surface area contributed by atoms with Gasteiger partial charge in [-0.3, -0.25) is 4.79 Å². The van der Waals surface area contributed by atoms with Gasteiger partial charge < -0.3 is 10.6 Å². The van der Waals surface area contributed by atoms with E-state index in [0.717, 1.165) is 12.1 Å². The third-order valence-corrected chi connectivity index (χ3v) is 2.34. The molecule has 0 saturated carbocycles. The molecule has 0 aromatic heterocycles. The van der Waals surface area contributed by atoms with Crippen molar-refractivity contribution >= 4 is 11.6 Å². The molecule has 1 amide bonds. The Hall–Kier alpha value is -1.72. The number of halogens is 3. The molecular formula is C13H17F3N2O. The molecular weight excluding hydrogens is 257 g/mol. The molecule has 19 heavy (non-hydrogen) atoms. The Kier molecular flexibility index (Phi) is 5.20. The molecule has 6 heteroatoms. The summed E-state index contributed by atoms with van der Waals surface area (Å²) in [4.78, 5) is 11.3. The van der Waals surface area contributed by atoms with Gasteiger partial charge in [0.25, 0.3) is 0 Å². The van der Waals surface area contributed by atoms with Crippen LogP contribution in [0.15, 0.2) is 24.3 Å². The highest BCUT2D eigenvalue weighted by Crippen LogP contribution is 2.29. The molecule has 106 valence electrons. The molecule has 0 aliphatic rings. The molecule has 0 unspecified atom stereocenters. The van der Waals surface area contributed by atoms with Crippen molar-refractivity contribution in [1.29, 1.82) is 0 Å². The van der Waals surface area contributed by atoms with E-state index in [2.05, 4.69) is 10.6 Å². The Labute approximate surface area is 110 Å². The van der Waals surface area contributed by atoms with Crippen molar-refractivity contribution in [3.63, 3.8) is 0 Å². The van der Waals surface area contributed by atoms with Crippen molar-refractivity contribution in [2.75, 3.05) is 11.9 Å². The van der Waals surface area contributed by atoms with Crippen LogP contribution in [0.3, 0.4) is 0 Å². The first kappa shape index (κ1) is 15.3. The van der Waals surface area contributed by atoms with Crippen LogP contribution in [0, 0.1) is 0 Å². The van der Waals surface area contributed by atoms with Crippen LogP contribution in [0.2, 0.25) is 0 Å². The van der Waals surface area contributed by atoms with Gasteiger partial charge in [-0.25, -0.2) is 0 Å². The van der Waals surface area contributed by atoms with Gasteiger partial charge in [0, 0.05) is 24.7 Å². The number of amides is 1. The van der Waals surface area contributed by atoms with E-state index in [4.69, 9.17) is 0 Å². The molecule has 3 nitrogen and oxygen atoms in total. The summed E-state index contributed by atoms with van der Waals surface area (Å²) in [6, 6.07) is 4.80. The van der Waals surface area contributed by atoms with Crippen molar-refractivity contribution in [2.45, 2.75) is 32.5 Å². The van der Waals surface area contributed by atoms with E-state index in [1.807, 2.05) is 13.8 Å². The van der Waals surface area contributed by atoms with Gasteiger partial charge in [-0.2, -0.15) is 13.2 Å². The SMILES string of the molecule is CC(C)NC(=O)CCNc1ccc(C(F)(F)F)cc1. The Morgan fingerprint density at radius 2 is 1.79 bits per heavy atom. The zero-order valence-corrected chi connectivity index (χ0v) is 10.8. The summed E-state index contributed by atoms with van der Waals surface area (Å²) in [6.07, 6.45) is -4.05. The molecule has 0 fully saturated rings. The number of carbonyl (C=O) groups is 1. The monoisotopic (exact) mass is 274 g/mol. The van der Waals surface area contributed by atoms with Crippen molar-refractivity contribution in [3.05, 3.63) is 29.8 Å². The maximum atomic E-state index is 12.3. The summed E-state index contributed by atoms with van der Waals surface area (Å²) >= 11 is 0. The third kappa shape index (κ3) is 5.63. The van der Waals surface area contributed by atoms with Crippen molar-refractivity contribution in [1.82, 2.24) is 5.32 Å². The van der Waals surface area contributed by atoms with Crippen LogP contribution in [0.25, 0.3) is 0 Å². The van der Waals surface area contributed by atoms with Gasteiger partial charge in [0.05, 0.1) is 5.56 Å². The zero-order chi connectivity index (χ0) is 14.5. The lowest BCUT2D eigenvalue weighted by molar-refractivity contribution is -0.137. The van der Waals surface area contributed by atoms with Crippen LogP contribution in [0.4, 0.5) is 18.9 Å². The van der Waals surface area contributed by atoms with Crippen molar-refractivity contribution in [3.8, 4) is 0 Å². The fourth-order valence-electron chi connectivity index (χ4n) is 1.49. The molecule has 0 atom stereocenters. The van der Waals surface area contributed by atoms with E-state index in [9.17, 15) is 18.0 Å². The minimum absolute atomic E-state index is 0.0820. The van der Waals surface area contributed by atoms with E-state index in [1.165, 1.54) is 12.1 Å². The Morgan fingerprint density at radius 3 is 2.26 bits per heavy atom. The second kappa shape index (κ2) is 6.45. The topological polar surface area (TPSA) is 41.1 Å². The number of rotatable bonds is 5. The molecule has 1 aromatic carbocycles. The van der Waals surface area contributed by atoms with Gasteiger partial charge in [-0.1, -0.05) is 0 Å². The lowest BCUT2D eigenvalue weighted by atomic mass is 10.2. The largest absolute Gasteiger partial charge is 0.416 e. The van der Waals surface area contributed by atoms with E-state index in [1.54, 1.807) is 0 Å². The van der Waals surface area contributed by atoms with E-state index in [0.29, 0.717) is 12.2 Å². The van der Waals surface area contributed by atoms with Crippen molar-refractivity contribution in [2.24, 2.45) is 0 Å². The molecule has 0 spiro atoms. The summed E-state index contributed by atoms with van der Waals surface area (Å²) in [5.41, 5.74) is -0.124. The summed E-state index contributed by atoms with van der Waals surface area (Å²) in [5, 5.41) is 5.63. The predicted molar refractivity (Wildman–Crippen MR) is 67.8 cm³/mol. The minimum atomic E-state index is -4.32. The molecule has 0 heterocycles. The molecule has 0 bridgehead atoms. The number of nitrogens with one attached hydrogen (secondary N) is 2. The molecule has 0 radical (unpaired) electrons. The first-order chi connectivity index (χ1) is 8.79. The van der Waals surface area contributed by atoms with E-state index < -0.39 is 11.7 Å². The number of alkyl halides is 3. The first-order valence-corrected chi connectivity index (χ1v) is 5.99. The second-order valence-electron chi connectivity index (χ2n) is 4.47. The predicted octanol–water partition coefficient (Wildman–Crippen LogP) is 3.03. The van der Waals surface area contributed by atoms with Crippen LogP contribution in [-0.2, 0) is 11.0 Å².